The number of hydrogen-bond acceptors (Lipinski definition) is 3. The number of nitrogens with zero attached hydrogens (tertiary/aromatic N) is 2. The molecule has 1 heterocycles. The second-order valence-electron chi connectivity index (χ2n) is 5.88. The quantitative estimate of drug-likeness (QED) is 0.920. The molecule has 0 atom stereocenters. The summed E-state index contributed by atoms with van der Waals surface area (Å²) in [6, 6.07) is 7.68. The maximum Gasteiger partial charge on any atom is 0.244 e. The maximum atomic E-state index is 11.8. The van der Waals surface area contributed by atoms with Crippen LogP contribution in [0.4, 0.5) is 5.69 Å². The third kappa shape index (κ3) is 5.39. The van der Waals surface area contributed by atoms with Crippen LogP contribution in [0.25, 0.3) is 0 Å². The lowest BCUT2D eigenvalue weighted by atomic mass is 10.1. The van der Waals surface area contributed by atoms with E-state index in [2.05, 4.69) is 10.3 Å². The van der Waals surface area contributed by atoms with Crippen LogP contribution in [0.1, 0.15) is 26.3 Å². The highest BCUT2D eigenvalue weighted by Crippen LogP contribution is 2.14. The van der Waals surface area contributed by atoms with Gasteiger partial charge < -0.3 is 14.6 Å². The van der Waals surface area contributed by atoms with Crippen molar-refractivity contribution in [2.45, 2.75) is 39.5 Å². The topological polar surface area (TPSA) is 56.1 Å². The number of rotatable bonds is 5. The van der Waals surface area contributed by atoms with Gasteiger partial charge in [0.05, 0.1) is 18.5 Å². The Hall–Kier alpha value is -2.14. The molecule has 0 aliphatic heterocycles. The lowest BCUT2D eigenvalue weighted by Crippen LogP contribution is -2.19. The standard InChI is InChI=1S/C16H21N3O2/c1-16(2,3)21-11-13-4-6-14(7-5-13)18-15(20)10-19-9-8-17-12-19/h4-9,12H,10-11H2,1-3H3,(H,18,20). The molecule has 2 rings (SSSR count). The molecule has 0 spiro atoms. The molecule has 0 radical (unpaired) electrons. The van der Waals surface area contributed by atoms with Gasteiger partial charge in [-0.1, -0.05) is 12.1 Å². The van der Waals surface area contributed by atoms with E-state index < -0.39 is 0 Å². The van der Waals surface area contributed by atoms with Crippen molar-refractivity contribution in [1.82, 2.24) is 9.55 Å². The second-order valence-corrected chi connectivity index (χ2v) is 5.88. The molecule has 1 amide bonds. The summed E-state index contributed by atoms with van der Waals surface area (Å²) < 4.78 is 7.43. The van der Waals surface area contributed by atoms with Crippen LogP contribution in [0.15, 0.2) is 43.0 Å². The number of imidazole rings is 1. The molecule has 1 N–H and O–H groups in total. The number of aromatic nitrogens is 2. The lowest BCUT2D eigenvalue weighted by molar-refractivity contribution is -0.116. The number of benzene rings is 1. The van der Waals surface area contributed by atoms with E-state index >= 15 is 0 Å². The molecule has 0 bridgehead atoms. The van der Waals surface area contributed by atoms with Gasteiger partial charge in [-0.25, -0.2) is 4.98 Å². The molecular formula is C16H21N3O2. The third-order valence-corrected chi connectivity index (χ3v) is 2.79. The highest BCUT2D eigenvalue weighted by atomic mass is 16.5. The summed E-state index contributed by atoms with van der Waals surface area (Å²) >= 11 is 0. The van der Waals surface area contributed by atoms with Crippen molar-refractivity contribution in [3.8, 4) is 0 Å². The summed E-state index contributed by atoms with van der Waals surface area (Å²) in [6.45, 7) is 6.90. The minimum Gasteiger partial charge on any atom is -0.371 e. The van der Waals surface area contributed by atoms with E-state index in [4.69, 9.17) is 4.74 Å². The Labute approximate surface area is 125 Å². The Morgan fingerprint density at radius 3 is 2.57 bits per heavy atom. The number of anilines is 1. The van der Waals surface area contributed by atoms with E-state index in [-0.39, 0.29) is 18.1 Å². The Kier molecular flexibility index (Phi) is 4.75. The molecule has 21 heavy (non-hydrogen) atoms. The Morgan fingerprint density at radius 2 is 2.00 bits per heavy atom. The summed E-state index contributed by atoms with van der Waals surface area (Å²) in [7, 11) is 0. The van der Waals surface area contributed by atoms with Crippen molar-refractivity contribution < 1.29 is 9.53 Å². The predicted molar refractivity (Wildman–Crippen MR) is 81.8 cm³/mol. The molecule has 2 aromatic rings. The molecule has 0 saturated carbocycles. The summed E-state index contributed by atoms with van der Waals surface area (Å²) in [4.78, 5) is 15.7. The molecule has 5 heteroatoms. The van der Waals surface area contributed by atoms with Crippen molar-refractivity contribution in [2.24, 2.45) is 0 Å². The van der Waals surface area contributed by atoms with E-state index in [0.717, 1.165) is 11.3 Å². The van der Waals surface area contributed by atoms with Crippen molar-refractivity contribution in [2.75, 3.05) is 5.32 Å². The smallest absolute Gasteiger partial charge is 0.244 e. The fourth-order valence-corrected chi connectivity index (χ4v) is 1.73. The first kappa shape index (κ1) is 15.3. The maximum absolute atomic E-state index is 11.8. The largest absolute Gasteiger partial charge is 0.371 e. The van der Waals surface area contributed by atoms with E-state index in [9.17, 15) is 4.79 Å². The first-order chi connectivity index (χ1) is 9.92. The van der Waals surface area contributed by atoms with Crippen molar-refractivity contribution in [1.29, 1.82) is 0 Å². The van der Waals surface area contributed by atoms with Gasteiger partial charge in [0.15, 0.2) is 0 Å². The van der Waals surface area contributed by atoms with Crippen LogP contribution in [0.2, 0.25) is 0 Å². The van der Waals surface area contributed by atoms with Crippen molar-refractivity contribution >= 4 is 11.6 Å². The highest BCUT2D eigenvalue weighted by molar-refractivity contribution is 5.90. The van der Waals surface area contributed by atoms with Crippen LogP contribution >= 0.6 is 0 Å². The highest BCUT2D eigenvalue weighted by Gasteiger charge is 2.10. The molecular weight excluding hydrogens is 266 g/mol. The van der Waals surface area contributed by atoms with Gasteiger partial charge in [-0.3, -0.25) is 4.79 Å². The van der Waals surface area contributed by atoms with Gasteiger partial charge in [-0.05, 0) is 38.5 Å². The normalized spacial score (nSPS) is 11.4. The second kappa shape index (κ2) is 6.54. The van der Waals surface area contributed by atoms with E-state index in [1.165, 1.54) is 0 Å². The molecule has 1 aromatic heterocycles. The number of carbonyl (C=O) groups is 1. The fraction of sp³-hybridized carbons (Fsp3) is 0.375. The number of ether oxygens (including phenoxy) is 1. The van der Waals surface area contributed by atoms with Crippen molar-refractivity contribution in [3.63, 3.8) is 0 Å². The van der Waals surface area contributed by atoms with Crippen LogP contribution in [-0.2, 0) is 22.7 Å². The van der Waals surface area contributed by atoms with E-state index in [0.29, 0.717) is 6.61 Å². The summed E-state index contributed by atoms with van der Waals surface area (Å²) in [6.07, 6.45) is 5.02. The number of nitrogens with one attached hydrogen (secondary N) is 1. The zero-order valence-electron chi connectivity index (χ0n) is 12.7. The van der Waals surface area contributed by atoms with Crippen LogP contribution in [-0.4, -0.2) is 21.1 Å². The van der Waals surface area contributed by atoms with Gasteiger partial charge in [0.1, 0.15) is 6.54 Å². The molecule has 0 fully saturated rings. The predicted octanol–water partition coefficient (Wildman–Crippen LogP) is 2.84. The third-order valence-electron chi connectivity index (χ3n) is 2.79. The average molecular weight is 287 g/mol. The van der Waals surface area contributed by atoms with Gasteiger partial charge in [-0.2, -0.15) is 0 Å². The summed E-state index contributed by atoms with van der Waals surface area (Å²) in [5.74, 6) is -0.0771. The number of amides is 1. The summed E-state index contributed by atoms with van der Waals surface area (Å²) in [5, 5.41) is 2.85. The molecule has 0 aliphatic carbocycles. The molecule has 112 valence electrons. The molecule has 0 aliphatic rings. The lowest BCUT2D eigenvalue weighted by Gasteiger charge is -2.19. The summed E-state index contributed by atoms with van der Waals surface area (Å²) in [5.41, 5.74) is 1.70. The van der Waals surface area contributed by atoms with E-state index in [1.807, 2.05) is 45.0 Å². The first-order valence-electron chi connectivity index (χ1n) is 6.91. The van der Waals surface area contributed by atoms with Crippen molar-refractivity contribution in [3.05, 3.63) is 48.5 Å². The molecule has 5 nitrogen and oxygen atoms in total. The molecule has 0 saturated heterocycles. The van der Waals surface area contributed by atoms with Crippen LogP contribution < -0.4 is 5.32 Å². The monoisotopic (exact) mass is 287 g/mol. The van der Waals surface area contributed by atoms with Gasteiger partial charge in [0.25, 0.3) is 0 Å². The first-order valence-corrected chi connectivity index (χ1v) is 6.91. The number of hydrogen-bond donors (Lipinski definition) is 1. The van der Waals surface area contributed by atoms with Gasteiger partial charge in [0, 0.05) is 18.1 Å². The minimum atomic E-state index is -0.155. The van der Waals surface area contributed by atoms with Crippen LogP contribution in [0.3, 0.4) is 0 Å². The zero-order chi connectivity index (χ0) is 15.3. The van der Waals surface area contributed by atoms with Gasteiger partial charge >= 0.3 is 0 Å². The van der Waals surface area contributed by atoms with Gasteiger partial charge in [-0.15, -0.1) is 0 Å². The minimum absolute atomic E-state index is 0.0771. The van der Waals surface area contributed by atoms with Crippen LogP contribution in [0, 0.1) is 0 Å². The van der Waals surface area contributed by atoms with E-state index in [1.54, 1.807) is 23.3 Å². The van der Waals surface area contributed by atoms with Gasteiger partial charge in [0.2, 0.25) is 5.91 Å². The molecule has 0 unspecified atom stereocenters. The SMILES string of the molecule is CC(C)(C)OCc1ccc(NC(=O)Cn2ccnc2)cc1. The molecule has 1 aromatic carbocycles. The Bertz CT molecular complexity index is 569. The fourth-order valence-electron chi connectivity index (χ4n) is 1.73. The Balaban J connectivity index is 1.86. The number of carbonyl (C=O) groups excluding carboxylic acids is 1. The average Bonchev–Trinajstić information content (AvgIpc) is 2.89. The van der Waals surface area contributed by atoms with Crippen LogP contribution in [0.5, 0.6) is 0 Å². The zero-order valence-corrected chi connectivity index (χ0v) is 12.7. The Morgan fingerprint density at radius 1 is 1.29 bits per heavy atom.